The van der Waals surface area contributed by atoms with E-state index in [1.807, 2.05) is 0 Å². The monoisotopic (exact) mass is 292 g/mol. The molecule has 1 atom stereocenters. The first kappa shape index (κ1) is 14.5. The third-order valence-corrected chi connectivity index (χ3v) is 3.60. The zero-order chi connectivity index (χ0) is 11.9. The van der Waals surface area contributed by atoms with Gasteiger partial charge in [0.25, 0.3) is 0 Å². The molecule has 0 spiro atoms. The minimum atomic E-state index is 0.0594. The molecule has 0 aliphatic carbocycles. The van der Waals surface area contributed by atoms with Crippen molar-refractivity contribution in [2.75, 3.05) is 18.5 Å². The van der Waals surface area contributed by atoms with Crippen LogP contribution in [0.4, 0.5) is 0 Å². The SMILES string of the molecule is CC(C)(CCCCBr)CO[C@@H]1CCCCO1. The molecule has 0 aromatic heterocycles. The molecule has 1 aliphatic heterocycles. The zero-order valence-corrected chi connectivity index (χ0v) is 12.2. The van der Waals surface area contributed by atoms with Crippen molar-refractivity contribution < 1.29 is 9.47 Å². The first-order valence-electron chi connectivity index (χ1n) is 6.43. The van der Waals surface area contributed by atoms with Gasteiger partial charge in [0.1, 0.15) is 0 Å². The van der Waals surface area contributed by atoms with Crippen LogP contribution in [-0.4, -0.2) is 24.8 Å². The van der Waals surface area contributed by atoms with Gasteiger partial charge in [-0.15, -0.1) is 0 Å². The van der Waals surface area contributed by atoms with Crippen LogP contribution in [0.3, 0.4) is 0 Å². The van der Waals surface area contributed by atoms with Crippen molar-refractivity contribution in [1.29, 1.82) is 0 Å². The highest BCUT2D eigenvalue weighted by molar-refractivity contribution is 9.09. The first-order valence-corrected chi connectivity index (χ1v) is 7.55. The van der Waals surface area contributed by atoms with Gasteiger partial charge in [0.05, 0.1) is 6.61 Å². The van der Waals surface area contributed by atoms with E-state index in [1.54, 1.807) is 0 Å². The van der Waals surface area contributed by atoms with Gasteiger partial charge in [-0.05, 0) is 37.5 Å². The Kier molecular flexibility index (Phi) is 6.94. The summed E-state index contributed by atoms with van der Waals surface area (Å²) in [6.45, 7) is 6.25. The topological polar surface area (TPSA) is 18.5 Å². The highest BCUT2D eigenvalue weighted by Gasteiger charge is 2.21. The van der Waals surface area contributed by atoms with E-state index < -0.39 is 0 Å². The van der Waals surface area contributed by atoms with Crippen molar-refractivity contribution in [1.82, 2.24) is 0 Å². The third kappa shape index (κ3) is 6.21. The average molecular weight is 293 g/mol. The van der Waals surface area contributed by atoms with E-state index in [-0.39, 0.29) is 11.7 Å². The lowest BCUT2D eigenvalue weighted by atomic mass is 9.88. The van der Waals surface area contributed by atoms with Crippen molar-refractivity contribution >= 4 is 15.9 Å². The molecule has 1 aliphatic rings. The molecule has 2 nitrogen and oxygen atoms in total. The van der Waals surface area contributed by atoms with Crippen LogP contribution >= 0.6 is 15.9 Å². The van der Waals surface area contributed by atoms with Crippen LogP contribution in [0, 0.1) is 5.41 Å². The quantitative estimate of drug-likeness (QED) is 0.519. The molecule has 0 amide bonds. The van der Waals surface area contributed by atoms with E-state index in [0.29, 0.717) is 0 Å². The molecule has 0 unspecified atom stereocenters. The Morgan fingerprint density at radius 1 is 1.31 bits per heavy atom. The van der Waals surface area contributed by atoms with Gasteiger partial charge in [-0.25, -0.2) is 0 Å². The summed E-state index contributed by atoms with van der Waals surface area (Å²) in [6, 6.07) is 0. The lowest BCUT2D eigenvalue weighted by molar-refractivity contribution is -0.176. The fourth-order valence-corrected chi connectivity index (χ4v) is 2.33. The Hall–Kier alpha value is 0.400. The Bertz CT molecular complexity index is 177. The maximum atomic E-state index is 5.84. The number of unbranched alkanes of at least 4 members (excludes halogenated alkanes) is 1. The predicted octanol–water partition coefficient (Wildman–Crippen LogP) is 4.12. The van der Waals surface area contributed by atoms with Gasteiger partial charge in [-0.2, -0.15) is 0 Å². The summed E-state index contributed by atoms with van der Waals surface area (Å²) >= 11 is 3.47. The van der Waals surface area contributed by atoms with Gasteiger partial charge in [0.15, 0.2) is 6.29 Å². The Morgan fingerprint density at radius 2 is 2.12 bits per heavy atom. The fourth-order valence-electron chi connectivity index (χ4n) is 1.93. The van der Waals surface area contributed by atoms with E-state index in [9.17, 15) is 0 Å². The molecule has 3 heteroatoms. The van der Waals surface area contributed by atoms with Crippen LogP contribution in [0.25, 0.3) is 0 Å². The Balaban J connectivity index is 2.13. The highest BCUT2D eigenvalue weighted by atomic mass is 79.9. The second-order valence-corrected chi connectivity index (χ2v) is 6.21. The third-order valence-electron chi connectivity index (χ3n) is 3.04. The molecule has 0 radical (unpaired) electrons. The summed E-state index contributed by atoms with van der Waals surface area (Å²) in [7, 11) is 0. The van der Waals surface area contributed by atoms with E-state index >= 15 is 0 Å². The standard InChI is InChI=1S/C13H25BrO2/c1-13(2,8-4-5-9-14)11-16-12-7-3-6-10-15-12/h12H,3-11H2,1-2H3/t12-/m1/s1. The molecule has 0 aromatic carbocycles. The van der Waals surface area contributed by atoms with Crippen LogP contribution in [0.15, 0.2) is 0 Å². The number of rotatable bonds is 7. The lowest BCUT2D eigenvalue weighted by Gasteiger charge is -2.29. The molecule has 0 aromatic rings. The highest BCUT2D eigenvalue weighted by Crippen LogP contribution is 2.25. The van der Waals surface area contributed by atoms with Gasteiger partial charge in [-0.1, -0.05) is 36.2 Å². The number of hydrogen-bond acceptors (Lipinski definition) is 2. The molecule has 0 bridgehead atoms. The normalized spacial score (nSPS) is 22.3. The van der Waals surface area contributed by atoms with Gasteiger partial charge in [0, 0.05) is 11.9 Å². The van der Waals surface area contributed by atoms with E-state index in [4.69, 9.17) is 9.47 Å². The Morgan fingerprint density at radius 3 is 2.75 bits per heavy atom. The molecule has 1 fully saturated rings. The maximum Gasteiger partial charge on any atom is 0.157 e. The maximum absolute atomic E-state index is 5.84. The zero-order valence-electron chi connectivity index (χ0n) is 10.6. The van der Waals surface area contributed by atoms with E-state index in [0.717, 1.165) is 25.0 Å². The summed E-state index contributed by atoms with van der Waals surface area (Å²) in [5, 5.41) is 1.11. The minimum absolute atomic E-state index is 0.0594. The minimum Gasteiger partial charge on any atom is -0.353 e. The number of hydrogen-bond donors (Lipinski definition) is 0. The largest absolute Gasteiger partial charge is 0.353 e. The second kappa shape index (κ2) is 7.67. The van der Waals surface area contributed by atoms with Crippen LogP contribution in [-0.2, 0) is 9.47 Å². The number of alkyl halides is 1. The fraction of sp³-hybridized carbons (Fsp3) is 1.00. The summed E-state index contributed by atoms with van der Waals surface area (Å²) in [4.78, 5) is 0. The van der Waals surface area contributed by atoms with Gasteiger partial charge in [-0.3, -0.25) is 0 Å². The van der Waals surface area contributed by atoms with Crippen molar-refractivity contribution in [2.45, 2.75) is 58.7 Å². The molecule has 1 rings (SSSR count). The van der Waals surface area contributed by atoms with Crippen LogP contribution in [0.1, 0.15) is 52.4 Å². The van der Waals surface area contributed by atoms with Gasteiger partial charge in [0.2, 0.25) is 0 Å². The molecule has 0 saturated carbocycles. The smallest absolute Gasteiger partial charge is 0.157 e. The van der Waals surface area contributed by atoms with Crippen LogP contribution in [0.5, 0.6) is 0 Å². The van der Waals surface area contributed by atoms with Crippen molar-refractivity contribution in [3.05, 3.63) is 0 Å². The first-order chi connectivity index (χ1) is 7.64. The summed E-state index contributed by atoms with van der Waals surface area (Å²) in [6.07, 6.45) is 7.31. The Labute approximate surface area is 108 Å². The van der Waals surface area contributed by atoms with Crippen molar-refractivity contribution in [2.24, 2.45) is 5.41 Å². The molecule has 16 heavy (non-hydrogen) atoms. The summed E-state index contributed by atoms with van der Waals surface area (Å²) in [5.74, 6) is 0. The van der Waals surface area contributed by atoms with E-state index in [1.165, 1.54) is 32.1 Å². The average Bonchev–Trinajstić information content (AvgIpc) is 2.28. The van der Waals surface area contributed by atoms with Gasteiger partial charge < -0.3 is 9.47 Å². The molecule has 1 heterocycles. The predicted molar refractivity (Wildman–Crippen MR) is 71.0 cm³/mol. The van der Waals surface area contributed by atoms with E-state index in [2.05, 4.69) is 29.8 Å². The summed E-state index contributed by atoms with van der Waals surface area (Å²) in [5.41, 5.74) is 0.281. The molecular weight excluding hydrogens is 268 g/mol. The van der Waals surface area contributed by atoms with Crippen molar-refractivity contribution in [3.63, 3.8) is 0 Å². The van der Waals surface area contributed by atoms with Crippen LogP contribution < -0.4 is 0 Å². The molecular formula is C13H25BrO2. The van der Waals surface area contributed by atoms with Crippen LogP contribution in [0.2, 0.25) is 0 Å². The lowest BCUT2D eigenvalue weighted by Crippen LogP contribution is -2.28. The number of halogens is 1. The van der Waals surface area contributed by atoms with Gasteiger partial charge >= 0.3 is 0 Å². The van der Waals surface area contributed by atoms with Crippen molar-refractivity contribution in [3.8, 4) is 0 Å². The summed E-state index contributed by atoms with van der Waals surface area (Å²) < 4.78 is 11.4. The molecule has 1 saturated heterocycles. The number of ether oxygens (including phenoxy) is 2. The molecule has 96 valence electrons. The molecule has 0 N–H and O–H groups in total. The second-order valence-electron chi connectivity index (χ2n) is 5.42.